The van der Waals surface area contributed by atoms with E-state index in [1.807, 2.05) is 18.2 Å². The molecule has 1 aliphatic rings. The van der Waals surface area contributed by atoms with Crippen molar-refractivity contribution in [2.24, 2.45) is 11.8 Å². The van der Waals surface area contributed by atoms with Gasteiger partial charge >= 0.3 is 0 Å². The summed E-state index contributed by atoms with van der Waals surface area (Å²) in [4.78, 5) is 0. The summed E-state index contributed by atoms with van der Waals surface area (Å²) >= 11 is 0. The maximum Gasteiger partial charge on any atom is 0.0465 e. The second-order valence-corrected chi connectivity index (χ2v) is 3.68. The van der Waals surface area contributed by atoms with Crippen molar-refractivity contribution in [1.82, 2.24) is 0 Å². The maximum atomic E-state index is 8.93. The molecule has 0 amide bonds. The molecular formula is C12H14O. The van der Waals surface area contributed by atoms with Crippen molar-refractivity contribution in [3.05, 3.63) is 42.5 Å². The lowest BCUT2D eigenvalue weighted by molar-refractivity contribution is 0.273. The van der Waals surface area contributed by atoms with E-state index in [1.165, 1.54) is 11.1 Å². The predicted octanol–water partition coefficient (Wildman–Crippen LogP) is 2.33. The SMILES string of the molecule is C=C(c1ccccc1)[C@H]1C[C@@H]1CO. The Kier molecular flexibility index (Phi) is 2.19. The largest absolute Gasteiger partial charge is 0.396 e. The van der Waals surface area contributed by atoms with Gasteiger partial charge in [0.15, 0.2) is 0 Å². The highest BCUT2D eigenvalue weighted by Gasteiger charge is 2.38. The molecule has 1 saturated carbocycles. The zero-order chi connectivity index (χ0) is 9.26. The number of benzene rings is 1. The number of aliphatic hydroxyl groups excluding tert-OH is 1. The fraction of sp³-hybridized carbons (Fsp3) is 0.333. The molecule has 68 valence electrons. The Labute approximate surface area is 78.7 Å². The van der Waals surface area contributed by atoms with E-state index in [9.17, 15) is 0 Å². The summed E-state index contributed by atoms with van der Waals surface area (Å²) in [6, 6.07) is 10.2. The first-order valence-electron chi connectivity index (χ1n) is 4.68. The minimum atomic E-state index is 0.302. The van der Waals surface area contributed by atoms with E-state index < -0.39 is 0 Å². The number of rotatable bonds is 3. The number of hydrogen-bond acceptors (Lipinski definition) is 1. The van der Waals surface area contributed by atoms with Crippen LogP contribution in [0.5, 0.6) is 0 Å². The molecule has 0 aromatic heterocycles. The molecule has 0 radical (unpaired) electrons. The first-order valence-corrected chi connectivity index (χ1v) is 4.68. The molecule has 0 bridgehead atoms. The molecule has 1 aromatic carbocycles. The zero-order valence-corrected chi connectivity index (χ0v) is 7.61. The Balaban J connectivity index is 2.07. The average molecular weight is 174 g/mol. The van der Waals surface area contributed by atoms with Crippen LogP contribution >= 0.6 is 0 Å². The van der Waals surface area contributed by atoms with Gasteiger partial charge in [0.1, 0.15) is 0 Å². The quantitative estimate of drug-likeness (QED) is 0.745. The van der Waals surface area contributed by atoms with Crippen molar-refractivity contribution in [1.29, 1.82) is 0 Å². The van der Waals surface area contributed by atoms with Crippen LogP contribution in [0.15, 0.2) is 36.9 Å². The van der Waals surface area contributed by atoms with Gasteiger partial charge in [-0.25, -0.2) is 0 Å². The molecule has 0 unspecified atom stereocenters. The van der Waals surface area contributed by atoms with Crippen LogP contribution < -0.4 is 0 Å². The number of aliphatic hydroxyl groups is 1. The zero-order valence-electron chi connectivity index (χ0n) is 7.61. The third kappa shape index (κ3) is 1.65. The molecule has 0 saturated heterocycles. The average Bonchev–Trinajstić information content (AvgIpc) is 2.97. The Morgan fingerprint density at radius 2 is 2.08 bits per heavy atom. The van der Waals surface area contributed by atoms with Crippen LogP contribution in [0.2, 0.25) is 0 Å². The molecular weight excluding hydrogens is 160 g/mol. The van der Waals surface area contributed by atoms with Crippen LogP contribution in [0.3, 0.4) is 0 Å². The summed E-state index contributed by atoms with van der Waals surface area (Å²) in [6.07, 6.45) is 1.10. The Morgan fingerprint density at radius 1 is 1.38 bits per heavy atom. The van der Waals surface area contributed by atoms with Gasteiger partial charge in [-0.3, -0.25) is 0 Å². The highest BCUT2D eigenvalue weighted by Crippen LogP contribution is 2.46. The van der Waals surface area contributed by atoms with Gasteiger partial charge in [0.25, 0.3) is 0 Å². The van der Waals surface area contributed by atoms with E-state index in [0.717, 1.165) is 6.42 Å². The van der Waals surface area contributed by atoms with Crippen molar-refractivity contribution in [3.8, 4) is 0 Å². The van der Waals surface area contributed by atoms with Gasteiger partial charge in [-0.05, 0) is 29.4 Å². The van der Waals surface area contributed by atoms with Crippen LogP contribution in [-0.2, 0) is 0 Å². The standard InChI is InChI=1S/C12H14O/c1-9(12-7-11(12)8-13)10-5-3-2-4-6-10/h2-6,11-13H,1,7-8H2/t11-,12-/m1/s1. The third-order valence-electron chi connectivity index (χ3n) is 2.75. The van der Waals surface area contributed by atoms with Crippen LogP contribution in [0, 0.1) is 11.8 Å². The van der Waals surface area contributed by atoms with Gasteiger partial charge in [0, 0.05) is 6.61 Å². The van der Waals surface area contributed by atoms with E-state index in [1.54, 1.807) is 0 Å². The first-order chi connectivity index (χ1) is 6.33. The summed E-state index contributed by atoms with van der Waals surface area (Å²) in [6.45, 7) is 4.38. The summed E-state index contributed by atoms with van der Waals surface area (Å²) in [5.41, 5.74) is 2.39. The molecule has 1 fully saturated rings. The Hall–Kier alpha value is -1.08. The highest BCUT2D eigenvalue weighted by molar-refractivity contribution is 5.67. The van der Waals surface area contributed by atoms with E-state index >= 15 is 0 Å². The molecule has 0 spiro atoms. The molecule has 13 heavy (non-hydrogen) atoms. The van der Waals surface area contributed by atoms with Gasteiger partial charge in [0.05, 0.1) is 0 Å². The van der Waals surface area contributed by atoms with Crippen molar-refractivity contribution in [2.75, 3.05) is 6.61 Å². The molecule has 1 N–H and O–H groups in total. The van der Waals surface area contributed by atoms with Crippen LogP contribution in [0.4, 0.5) is 0 Å². The van der Waals surface area contributed by atoms with Crippen molar-refractivity contribution in [2.45, 2.75) is 6.42 Å². The lowest BCUT2D eigenvalue weighted by Gasteiger charge is -2.03. The number of allylic oxidation sites excluding steroid dienone is 1. The minimum absolute atomic E-state index is 0.302. The van der Waals surface area contributed by atoms with Crippen LogP contribution in [0.25, 0.3) is 5.57 Å². The summed E-state index contributed by atoms with van der Waals surface area (Å²) in [5, 5.41) is 8.93. The molecule has 1 heteroatoms. The third-order valence-corrected chi connectivity index (χ3v) is 2.75. The second-order valence-electron chi connectivity index (χ2n) is 3.68. The van der Waals surface area contributed by atoms with Gasteiger partial charge in [-0.2, -0.15) is 0 Å². The molecule has 1 nitrogen and oxygen atoms in total. The van der Waals surface area contributed by atoms with E-state index in [4.69, 9.17) is 5.11 Å². The number of hydrogen-bond donors (Lipinski definition) is 1. The van der Waals surface area contributed by atoms with E-state index in [2.05, 4.69) is 18.7 Å². The predicted molar refractivity (Wildman–Crippen MR) is 54.2 cm³/mol. The van der Waals surface area contributed by atoms with Gasteiger partial charge < -0.3 is 5.11 Å². The van der Waals surface area contributed by atoms with E-state index in [0.29, 0.717) is 18.4 Å². The molecule has 2 rings (SSSR count). The summed E-state index contributed by atoms with van der Waals surface area (Å²) in [5.74, 6) is 0.986. The van der Waals surface area contributed by atoms with E-state index in [-0.39, 0.29) is 0 Å². The van der Waals surface area contributed by atoms with Crippen molar-refractivity contribution in [3.63, 3.8) is 0 Å². The molecule has 2 atom stereocenters. The highest BCUT2D eigenvalue weighted by atomic mass is 16.3. The van der Waals surface area contributed by atoms with Crippen molar-refractivity contribution >= 4 is 5.57 Å². The van der Waals surface area contributed by atoms with Gasteiger partial charge in [0.2, 0.25) is 0 Å². The topological polar surface area (TPSA) is 20.2 Å². The smallest absolute Gasteiger partial charge is 0.0465 e. The van der Waals surface area contributed by atoms with Crippen LogP contribution in [0.1, 0.15) is 12.0 Å². The first kappa shape index (κ1) is 8.52. The van der Waals surface area contributed by atoms with Gasteiger partial charge in [-0.1, -0.05) is 36.9 Å². The summed E-state index contributed by atoms with van der Waals surface area (Å²) in [7, 11) is 0. The molecule has 1 aliphatic carbocycles. The fourth-order valence-corrected chi connectivity index (χ4v) is 1.74. The molecule has 0 heterocycles. The van der Waals surface area contributed by atoms with Crippen LogP contribution in [-0.4, -0.2) is 11.7 Å². The minimum Gasteiger partial charge on any atom is -0.396 e. The summed E-state index contributed by atoms with van der Waals surface area (Å²) < 4.78 is 0. The molecule has 0 aliphatic heterocycles. The molecule has 1 aromatic rings. The fourth-order valence-electron chi connectivity index (χ4n) is 1.74. The lowest BCUT2D eigenvalue weighted by atomic mass is 10.0. The monoisotopic (exact) mass is 174 g/mol. The normalized spacial score (nSPS) is 25.6. The maximum absolute atomic E-state index is 8.93. The van der Waals surface area contributed by atoms with Gasteiger partial charge in [-0.15, -0.1) is 0 Å². The van der Waals surface area contributed by atoms with Crippen molar-refractivity contribution < 1.29 is 5.11 Å². The Morgan fingerprint density at radius 3 is 2.62 bits per heavy atom. The lowest BCUT2D eigenvalue weighted by Crippen LogP contribution is -1.91. The second kappa shape index (κ2) is 3.35. The Bertz CT molecular complexity index is 302.